The number of benzene rings is 1. The lowest BCUT2D eigenvalue weighted by molar-refractivity contribution is 0.0735. The van der Waals surface area contributed by atoms with Gasteiger partial charge in [-0.1, -0.05) is 6.07 Å². The molecular formula is C16H19FN2O2S. The van der Waals surface area contributed by atoms with Gasteiger partial charge in [0.05, 0.1) is 29.4 Å². The summed E-state index contributed by atoms with van der Waals surface area (Å²) in [6.07, 6.45) is 0. The highest BCUT2D eigenvalue weighted by molar-refractivity contribution is 7.11. The van der Waals surface area contributed by atoms with Crippen molar-refractivity contribution in [3.63, 3.8) is 0 Å². The molecule has 0 aliphatic rings. The summed E-state index contributed by atoms with van der Waals surface area (Å²) in [5.41, 5.74) is 1.08. The van der Waals surface area contributed by atoms with Gasteiger partial charge in [0.25, 0.3) is 5.91 Å². The van der Waals surface area contributed by atoms with Crippen LogP contribution in [0.15, 0.2) is 18.2 Å². The first-order valence-corrected chi connectivity index (χ1v) is 7.72. The fourth-order valence-corrected chi connectivity index (χ4v) is 3.27. The van der Waals surface area contributed by atoms with Gasteiger partial charge in [0, 0.05) is 11.9 Å². The van der Waals surface area contributed by atoms with E-state index in [0.29, 0.717) is 0 Å². The van der Waals surface area contributed by atoms with Crippen LogP contribution in [0.3, 0.4) is 0 Å². The Morgan fingerprint density at radius 3 is 2.64 bits per heavy atom. The molecule has 1 atom stereocenters. The number of ether oxygens (including phenoxy) is 1. The third-order valence-electron chi connectivity index (χ3n) is 3.64. The van der Waals surface area contributed by atoms with Crippen LogP contribution in [0.25, 0.3) is 0 Å². The summed E-state index contributed by atoms with van der Waals surface area (Å²) in [4.78, 5) is 19.8. The molecule has 1 amide bonds. The van der Waals surface area contributed by atoms with E-state index >= 15 is 0 Å². The maximum atomic E-state index is 13.8. The van der Waals surface area contributed by atoms with Gasteiger partial charge in [-0.05, 0) is 32.9 Å². The van der Waals surface area contributed by atoms with Gasteiger partial charge in [-0.25, -0.2) is 9.37 Å². The van der Waals surface area contributed by atoms with Gasteiger partial charge < -0.3 is 9.64 Å². The number of rotatable bonds is 4. The molecule has 0 aliphatic carbocycles. The second-order valence-electron chi connectivity index (χ2n) is 5.09. The Hall–Kier alpha value is -1.95. The van der Waals surface area contributed by atoms with E-state index in [9.17, 15) is 9.18 Å². The summed E-state index contributed by atoms with van der Waals surface area (Å²) in [6.45, 7) is 5.83. The molecule has 2 aromatic rings. The van der Waals surface area contributed by atoms with Crippen LogP contribution in [0.5, 0.6) is 5.75 Å². The first kappa shape index (κ1) is 16.4. The minimum Gasteiger partial charge on any atom is -0.493 e. The normalized spacial score (nSPS) is 12.1. The number of aromatic nitrogens is 1. The molecule has 6 heteroatoms. The summed E-state index contributed by atoms with van der Waals surface area (Å²) in [6, 6.07) is 4.13. The highest BCUT2D eigenvalue weighted by atomic mass is 32.1. The SMILES string of the molecule is COc1c(F)cccc1C(=O)N(C)C(C)c1nc(C)sc1C. The smallest absolute Gasteiger partial charge is 0.258 e. The van der Waals surface area contributed by atoms with E-state index in [4.69, 9.17) is 4.74 Å². The number of amides is 1. The predicted molar refractivity (Wildman–Crippen MR) is 85.0 cm³/mol. The van der Waals surface area contributed by atoms with Gasteiger partial charge in [0.15, 0.2) is 11.6 Å². The van der Waals surface area contributed by atoms with Crippen LogP contribution in [-0.2, 0) is 0 Å². The molecule has 0 radical (unpaired) electrons. The summed E-state index contributed by atoms with van der Waals surface area (Å²) >= 11 is 1.60. The third-order valence-corrected chi connectivity index (χ3v) is 4.54. The van der Waals surface area contributed by atoms with Crippen molar-refractivity contribution in [3.05, 3.63) is 45.2 Å². The summed E-state index contributed by atoms with van der Waals surface area (Å²) in [5.74, 6) is -0.873. The monoisotopic (exact) mass is 322 g/mol. The van der Waals surface area contributed by atoms with Gasteiger partial charge in [0.2, 0.25) is 0 Å². The van der Waals surface area contributed by atoms with Crippen molar-refractivity contribution < 1.29 is 13.9 Å². The molecule has 118 valence electrons. The number of carbonyl (C=O) groups is 1. The fraction of sp³-hybridized carbons (Fsp3) is 0.375. The van der Waals surface area contributed by atoms with E-state index in [1.807, 2.05) is 20.8 Å². The van der Waals surface area contributed by atoms with Gasteiger partial charge in [0.1, 0.15) is 0 Å². The molecule has 0 spiro atoms. The number of para-hydroxylation sites is 1. The maximum Gasteiger partial charge on any atom is 0.258 e. The van der Waals surface area contributed by atoms with E-state index in [1.165, 1.54) is 19.2 Å². The lowest BCUT2D eigenvalue weighted by Crippen LogP contribution is -2.30. The Labute approximate surface area is 133 Å². The van der Waals surface area contributed by atoms with Crippen LogP contribution >= 0.6 is 11.3 Å². The van der Waals surface area contributed by atoms with Gasteiger partial charge in [-0.3, -0.25) is 4.79 Å². The van der Waals surface area contributed by atoms with Crippen LogP contribution < -0.4 is 4.74 Å². The molecule has 1 aromatic carbocycles. The number of halogens is 1. The average Bonchev–Trinajstić information content (AvgIpc) is 2.83. The second-order valence-corrected chi connectivity index (χ2v) is 6.49. The summed E-state index contributed by atoms with van der Waals surface area (Å²) < 4.78 is 18.8. The number of hydrogen-bond donors (Lipinski definition) is 0. The first-order valence-electron chi connectivity index (χ1n) is 6.90. The topological polar surface area (TPSA) is 42.4 Å². The molecule has 0 aliphatic heterocycles. The van der Waals surface area contributed by atoms with E-state index in [1.54, 1.807) is 29.4 Å². The molecule has 2 rings (SSSR count). The summed E-state index contributed by atoms with van der Waals surface area (Å²) in [5, 5.41) is 0.962. The second kappa shape index (κ2) is 6.44. The van der Waals surface area contributed by atoms with Crippen LogP contribution in [-0.4, -0.2) is 29.9 Å². The molecule has 22 heavy (non-hydrogen) atoms. The molecule has 0 N–H and O–H groups in total. The third kappa shape index (κ3) is 2.97. The Morgan fingerprint density at radius 1 is 1.41 bits per heavy atom. The fourth-order valence-electron chi connectivity index (χ4n) is 2.37. The molecule has 1 aromatic heterocycles. The minimum atomic E-state index is -0.546. The lowest BCUT2D eigenvalue weighted by Gasteiger charge is -2.25. The number of aryl methyl sites for hydroxylation is 2. The van der Waals surface area contributed by atoms with E-state index in [2.05, 4.69) is 4.98 Å². The molecule has 1 heterocycles. The van der Waals surface area contributed by atoms with Crippen LogP contribution in [0.2, 0.25) is 0 Å². The number of hydrogen-bond acceptors (Lipinski definition) is 4. The van der Waals surface area contributed by atoms with Crippen LogP contribution in [0.1, 0.15) is 38.9 Å². The predicted octanol–water partition coefficient (Wildman–Crippen LogP) is 3.74. The first-order chi connectivity index (χ1) is 10.4. The van der Waals surface area contributed by atoms with Crippen LogP contribution in [0, 0.1) is 19.7 Å². The quantitative estimate of drug-likeness (QED) is 0.861. The molecule has 0 fully saturated rings. The maximum absolute atomic E-state index is 13.8. The highest BCUT2D eigenvalue weighted by Gasteiger charge is 2.25. The van der Waals surface area contributed by atoms with E-state index < -0.39 is 5.82 Å². The zero-order chi connectivity index (χ0) is 16.4. The zero-order valence-corrected chi connectivity index (χ0v) is 14.1. The number of methoxy groups -OCH3 is 1. The van der Waals surface area contributed by atoms with Crippen molar-refractivity contribution in [3.8, 4) is 5.75 Å². The molecule has 0 saturated heterocycles. The highest BCUT2D eigenvalue weighted by Crippen LogP contribution is 2.29. The lowest BCUT2D eigenvalue weighted by atomic mass is 10.1. The largest absolute Gasteiger partial charge is 0.493 e. The van der Waals surface area contributed by atoms with Crippen molar-refractivity contribution in [2.75, 3.05) is 14.2 Å². The van der Waals surface area contributed by atoms with Gasteiger partial charge >= 0.3 is 0 Å². The molecule has 4 nitrogen and oxygen atoms in total. The minimum absolute atomic E-state index is 0.0299. The summed E-state index contributed by atoms with van der Waals surface area (Å²) in [7, 11) is 3.04. The van der Waals surface area contributed by atoms with E-state index in [0.717, 1.165) is 15.6 Å². The number of carbonyl (C=O) groups excluding carboxylic acids is 1. The Morgan fingerprint density at radius 2 is 2.09 bits per heavy atom. The van der Waals surface area contributed by atoms with E-state index in [-0.39, 0.29) is 23.3 Å². The Kier molecular flexibility index (Phi) is 4.81. The van der Waals surface area contributed by atoms with Crippen molar-refractivity contribution in [1.29, 1.82) is 0 Å². The standard InChI is InChI=1S/C16H19FN2O2S/c1-9(14-10(2)22-11(3)18-14)19(4)16(20)12-7-6-8-13(17)15(12)21-5/h6-9H,1-5H3. The number of thiazole rings is 1. The Bertz CT molecular complexity index is 699. The molecular weight excluding hydrogens is 303 g/mol. The Balaban J connectivity index is 2.33. The van der Waals surface area contributed by atoms with Gasteiger partial charge in [-0.15, -0.1) is 11.3 Å². The molecule has 0 bridgehead atoms. The van der Waals surface area contributed by atoms with Crippen LogP contribution in [0.4, 0.5) is 4.39 Å². The van der Waals surface area contributed by atoms with Crippen molar-refractivity contribution in [2.45, 2.75) is 26.8 Å². The molecule has 1 unspecified atom stereocenters. The van der Waals surface area contributed by atoms with Gasteiger partial charge in [-0.2, -0.15) is 0 Å². The average molecular weight is 322 g/mol. The van der Waals surface area contributed by atoms with Crippen molar-refractivity contribution in [1.82, 2.24) is 9.88 Å². The van der Waals surface area contributed by atoms with Crippen molar-refractivity contribution >= 4 is 17.2 Å². The zero-order valence-electron chi connectivity index (χ0n) is 13.3. The molecule has 0 saturated carbocycles. The van der Waals surface area contributed by atoms with Crippen molar-refractivity contribution in [2.24, 2.45) is 0 Å². The number of nitrogens with zero attached hydrogens (tertiary/aromatic N) is 2.